The molecule has 120 valence electrons. The molecule has 0 unspecified atom stereocenters. The summed E-state index contributed by atoms with van der Waals surface area (Å²) in [6, 6.07) is 16.8. The molecule has 0 saturated heterocycles. The molecule has 0 spiro atoms. The molecule has 24 heavy (non-hydrogen) atoms. The molecule has 0 aliphatic rings. The summed E-state index contributed by atoms with van der Waals surface area (Å²) in [5.74, 6) is 2.35. The number of hydrogen-bond donors (Lipinski definition) is 0. The molecular formula is C19H16N2O3. The zero-order chi connectivity index (χ0) is 16.9. The standard InChI is InChI=1S/C19H16N2O3/c1-13-16(21-19(24-13)15-6-4-3-5-7-15)12-23-17-9-8-14(11-20)10-18(17)22-2/h3-10H,12H2,1-2H3. The predicted octanol–water partition coefficient (Wildman–Crippen LogP) is 4.11. The number of aromatic nitrogens is 1. The van der Waals surface area contributed by atoms with Crippen LogP contribution in [0.1, 0.15) is 17.0 Å². The number of oxazole rings is 1. The Hall–Kier alpha value is -3.26. The molecule has 3 aromatic rings. The van der Waals surface area contributed by atoms with Crippen LogP contribution in [0.4, 0.5) is 0 Å². The third kappa shape index (κ3) is 3.23. The van der Waals surface area contributed by atoms with Crippen LogP contribution in [-0.4, -0.2) is 12.1 Å². The van der Waals surface area contributed by atoms with Gasteiger partial charge < -0.3 is 13.9 Å². The Morgan fingerprint density at radius 3 is 2.62 bits per heavy atom. The molecule has 5 nitrogen and oxygen atoms in total. The molecule has 0 aliphatic carbocycles. The van der Waals surface area contributed by atoms with Crippen molar-refractivity contribution in [1.82, 2.24) is 4.98 Å². The number of benzene rings is 2. The lowest BCUT2D eigenvalue weighted by atomic mass is 10.2. The van der Waals surface area contributed by atoms with Crippen LogP contribution in [0, 0.1) is 18.3 Å². The van der Waals surface area contributed by atoms with Gasteiger partial charge in [-0.05, 0) is 31.2 Å². The van der Waals surface area contributed by atoms with E-state index >= 15 is 0 Å². The summed E-state index contributed by atoms with van der Waals surface area (Å²) in [5.41, 5.74) is 2.16. The molecule has 0 atom stereocenters. The fourth-order valence-corrected chi connectivity index (χ4v) is 2.27. The van der Waals surface area contributed by atoms with Crippen LogP contribution in [0.2, 0.25) is 0 Å². The minimum absolute atomic E-state index is 0.254. The predicted molar refractivity (Wildman–Crippen MR) is 88.7 cm³/mol. The summed E-state index contributed by atoms with van der Waals surface area (Å²) < 4.78 is 16.8. The number of aryl methyl sites for hydroxylation is 1. The van der Waals surface area contributed by atoms with Gasteiger partial charge in [-0.1, -0.05) is 18.2 Å². The van der Waals surface area contributed by atoms with E-state index in [0.29, 0.717) is 28.7 Å². The Balaban J connectivity index is 1.78. The maximum absolute atomic E-state index is 8.93. The Morgan fingerprint density at radius 1 is 1.12 bits per heavy atom. The second-order valence-electron chi connectivity index (χ2n) is 5.15. The van der Waals surface area contributed by atoms with Gasteiger partial charge in [-0.25, -0.2) is 4.98 Å². The molecule has 3 rings (SSSR count). The first-order chi connectivity index (χ1) is 11.7. The highest BCUT2D eigenvalue weighted by Gasteiger charge is 2.13. The Bertz CT molecular complexity index is 879. The molecule has 2 aromatic carbocycles. The van der Waals surface area contributed by atoms with E-state index in [-0.39, 0.29) is 6.61 Å². The lowest BCUT2D eigenvalue weighted by Crippen LogP contribution is -1.99. The van der Waals surface area contributed by atoms with Crippen molar-refractivity contribution in [1.29, 1.82) is 5.26 Å². The number of rotatable bonds is 5. The van der Waals surface area contributed by atoms with Crippen molar-refractivity contribution in [3.63, 3.8) is 0 Å². The fourth-order valence-electron chi connectivity index (χ4n) is 2.27. The van der Waals surface area contributed by atoms with Gasteiger partial charge in [0.1, 0.15) is 18.1 Å². The van der Waals surface area contributed by atoms with Gasteiger partial charge >= 0.3 is 0 Å². The monoisotopic (exact) mass is 320 g/mol. The second kappa shape index (κ2) is 6.88. The molecular weight excluding hydrogens is 304 g/mol. The SMILES string of the molecule is COc1cc(C#N)ccc1OCc1nc(-c2ccccc2)oc1C. The summed E-state index contributed by atoms with van der Waals surface area (Å²) in [6.07, 6.45) is 0. The molecule has 0 bridgehead atoms. The van der Waals surface area contributed by atoms with Gasteiger partial charge in [-0.2, -0.15) is 5.26 Å². The first kappa shape index (κ1) is 15.6. The van der Waals surface area contributed by atoms with Gasteiger partial charge in [0.15, 0.2) is 11.5 Å². The largest absolute Gasteiger partial charge is 0.493 e. The summed E-state index contributed by atoms with van der Waals surface area (Å²) in [7, 11) is 1.54. The van der Waals surface area contributed by atoms with Gasteiger partial charge in [0.25, 0.3) is 0 Å². The zero-order valence-electron chi connectivity index (χ0n) is 13.4. The maximum Gasteiger partial charge on any atom is 0.226 e. The Labute approximate surface area is 140 Å². The second-order valence-corrected chi connectivity index (χ2v) is 5.15. The third-order valence-corrected chi connectivity index (χ3v) is 3.57. The molecule has 1 heterocycles. The van der Waals surface area contributed by atoms with Crippen molar-refractivity contribution in [2.45, 2.75) is 13.5 Å². The average molecular weight is 320 g/mol. The highest BCUT2D eigenvalue weighted by molar-refractivity contribution is 5.53. The van der Waals surface area contributed by atoms with Gasteiger partial charge in [0.2, 0.25) is 5.89 Å². The smallest absolute Gasteiger partial charge is 0.226 e. The van der Waals surface area contributed by atoms with Crippen LogP contribution in [-0.2, 0) is 6.61 Å². The summed E-state index contributed by atoms with van der Waals surface area (Å²) in [6.45, 7) is 2.11. The van der Waals surface area contributed by atoms with Crippen molar-refractivity contribution in [3.05, 3.63) is 65.5 Å². The fraction of sp³-hybridized carbons (Fsp3) is 0.158. The minimum atomic E-state index is 0.254. The number of nitrogens with zero attached hydrogens (tertiary/aromatic N) is 2. The lowest BCUT2D eigenvalue weighted by Gasteiger charge is -2.09. The van der Waals surface area contributed by atoms with E-state index in [1.807, 2.05) is 37.3 Å². The van der Waals surface area contributed by atoms with Crippen LogP contribution in [0.15, 0.2) is 52.9 Å². The van der Waals surface area contributed by atoms with Gasteiger partial charge in [0.05, 0.1) is 18.7 Å². The van der Waals surface area contributed by atoms with E-state index in [1.165, 1.54) is 7.11 Å². The normalized spacial score (nSPS) is 10.2. The topological polar surface area (TPSA) is 68.3 Å². The van der Waals surface area contributed by atoms with E-state index < -0.39 is 0 Å². The zero-order valence-corrected chi connectivity index (χ0v) is 13.4. The molecule has 0 saturated carbocycles. The summed E-state index contributed by atoms with van der Waals surface area (Å²) in [4.78, 5) is 4.50. The average Bonchev–Trinajstić information content (AvgIpc) is 3.01. The maximum atomic E-state index is 8.93. The van der Waals surface area contributed by atoms with Crippen molar-refractivity contribution in [2.75, 3.05) is 7.11 Å². The summed E-state index contributed by atoms with van der Waals surface area (Å²) in [5, 5.41) is 8.93. The highest BCUT2D eigenvalue weighted by Crippen LogP contribution is 2.29. The Kier molecular flexibility index (Phi) is 4.48. The first-order valence-corrected chi connectivity index (χ1v) is 7.44. The number of ether oxygens (including phenoxy) is 2. The quantitative estimate of drug-likeness (QED) is 0.707. The summed E-state index contributed by atoms with van der Waals surface area (Å²) >= 11 is 0. The molecule has 0 fully saturated rings. The van der Waals surface area contributed by atoms with Crippen LogP contribution >= 0.6 is 0 Å². The molecule has 0 aliphatic heterocycles. The van der Waals surface area contributed by atoms with Crippen molar-refractivity contribution in [3.8, 4) is 29.0 Å². The van der Waals surface area contributed by atoms with E-state index in [0.717, 1.165) is 11.3 Å². The van der Waals surface area contributed by atoms with Gasteiger partial charge in [-0.3, -0.25) is 0 Å². The molecule has 0 amide bonds. The number of hydrogen-bond acceptors (Lipinski definition) is 5. The van der Waals surface area contributed by atoms with Gasteiger partial charge in [-0.15, -0.1) is 0 Å². The number of nitriles is 1. The van der Waals surface area contributed by atoms with E-state index in [9.17, 15) is 0 Å². The lowest BCUT2D eigenvalue weighted by molar-refractivity contribution is 0.279. The van der Waals surface area contributed by atoms with E-state index in [4.69, 9.17) is 19.2 Å². The van der Waals surface area contributed by atoms with E-state index in [2.05, 4.69) is 11.1 Å². The molecule has 0 N–H and O–H groups in total. The van der Waals surface area contributed by atoms with Crippen LogP contribution in [0.3, 0.4) is 0 Å². The Morgan fingerprint density at radius 2 is 1.92 bits per heavy atom. The molecule has 0 radical (unpaired) electrons. The molecule has 1 aromatic heterocycles. The molecule has 5 heteroatoms. The number of methoxy groups -OCH3 is 1. The van der Waals surface area contributed by atoms with Crippen LogP contribution < -0.4 is 9.47 Å². The van der Waals surface area contributed by atoms with Gasteiger partial charge in [0, 0.05) is 11.6 Å². The van der Waals surface area contributed by atoms with Crippen molar-refractivity contribution in [2.24, 2.45) is 0 Å². The highest BCUT2D eigenvalue weighted by atomic mass is 16.5. The first-order valence-electron chi connectivity index (χ1n) is 7.44. The van der Waals surface area contributed by atoms with Crippen molar-refractivity contribution >= 4 is 0 Å². The third-order valence-electron chi connectivity index (χ3n) is 3.57. The van der Waals surface area contributed by atoms with E-state index in [1.54, 1.807) is 18.2 Å². The van der Waals surface area contributed by atoms with Crippen molar-refractivity contribution < 1.29 is 13.9 Å². The van der Waals surface area contributed by atoms with Crippen LogP contribution in [0.25, 0.3) is 11.5 Å². The minimum Gasteiger partial charge on any atom is -0.493 e. The van der Waals surface area contributed by atoms with Crippen LogP contribution in [0.5, 0.6) is 11.5 Å².